The molecule has 0 saturated heterocycles. The highest BCUT2D eigenvalue weighted by molar-refractivity contribution is 5.73. The molecule has 0 saturated carbocycles. The van der Waals surface area contributed by atoms with E-state index >= 15 is 0 Å². The Bertz CT molecular complexity index is 348. The molecule has 0 amide bonds. The normalized spacial score (nSPS) is 10.2. The molecule has 1 aromatic carbocycles. The number of benzene rings is 1. The quantitative estimate of drug-likeness (QED) is 0.736. The summed E-state index contributed by atoms with van der Waals surface area (Å²) in [5, 5.41) is 8.87. The molecule has 4 heteroatoms. The van der Waals surface area contributed by atoms with Crippen molar-refractivity contribution in [2.75, 3.05) is 31.2 Å². The molecule has 4 nitrogen and oxygen atoms in total. The lowest BCUT2D eigenvalue weighted by atomic mass is 10.2. The third-order valence-corrected chi connectivity index (χ3v) is 2.43. The molecule has 1 N–H and O–H groups in total. The van der Waals surface area contributed by atoms with Gasteiger partial charge in [0.15, 0.2) is 0 Å². The van der Waals surface area contributed by atoms with Gasteiger partial charge in [0.25, 0.3) is 0 Å². The van der Waals surface area contributed by atoms with E-state index in [1.807, 2.05) is 38.1 Å². The average Bonchev–Trinajstić information content (AvgIpc) is 2.28. The van der Waals surface area contributed by atoms with E-state index in [-0.39, 0.29) is 6.54 Å². The minimum atomic E-state index is -0.831. The van der Waals surface area contributed by atoms with E-state index in [9.17, 15) is 4.79 Å². The fraction of sp³-hybridized carbons (Fsp3) is 0.462. The molecule has 0 aliphatic heterocycles. The molecule has 0 heterocycles. The van der Waals surface area contributed by atoms with Crippen molar-refractivity contribution >= 4 is 11.7 Å². The molecule has 94 valence electrons. The van der Waals surface area contributed by atoms with Gasteiger partial charge in [-0.25, -0.2) is 0 Å². The molecule has 1 rings (SSSR count). The van der Waals surface area contributed by atoms with Crippen LogP contribution in [0.25, 0.3) is 0 Å². The van der Waals surface area contributed by atoms with Crippen LogP contribution in [-0.2, 0) is 9.53 Å². The van der Waals surface area contributed by atoms with Crippen LogP contribution in [0.2, 0.25) is 0 Å². The third kappa shape index (κ3) is 4.87. The summed E-state index contributed by atoms with van der Waals surface area (Å²) in [6.07, 6.45) is 0. The monoisotopic (exact) mass is 237 g/mol. The van der Waals surface area contributed by atoms with Crippen molar-refractivity contribution in [1.29, 1.82) is 0 Å². The van der Waals surface area contributed by atoms with Crippen molar-refractivity contribution in [2.45, 2.75) is 13.8 Å². The van der Waals surface area contributed by atoms with Crippen LogP contribution in [0, 0.1) is 6.92 Å². The van der Waals surface area contributed by atoms with Gasteiger partial charge in [0.05, 0.1) is 6.61 Å². The predicted octanol–water partition coefficient (Wildman–Crippen LogP) is 1.92. The highest BCUT2D eigenvalue weighted by atomic mass is 16.5. The van der Waals surface area contributed by atoms with E-state index in [4.69, 9.17) is 9.84 Å². The van der Waals surface area contributed by atoms with E-state index in [1.165, 1.54) is 0 Å². The molecule has 0 aromatic heterocycles. The molecule has 0 unspecified atom stereocenters. The largest absolute Gasteiger partial charge is 0.480 e. The van der Waals surface area contributed by atoms with Crippen LogP contribution < -0.4 is 4.90 Å². The Hall–Kier alpha value is -1.55. The second-order valence-corrected chi connectivity index (χ2v) is 3.85. The fourth-order valence-electron chi connectivity index (χ4n) is 1.54. The first-order chi connectivity index (χ1) is 8.13. The number of carboxylic acids is 1. The lowest BCUT2D eigenvalue weighted by Crippen LogP contribution is -2.32. The van der Waals surface area contributed by atoms with Gasteiger partial charge >= 0.3 is 5.97 Å². The Morgan fingerprint density at radius 1 is 1.35 bits per heavy atom. The Morgan fingerprint density at radius 3 is 2.53 bits per heavy atom. The van der Waals surface area contributed by atoms with E-state index in [2.05, 4.69) is 0 Å². The van der Waals surface area contributed by atoms with Crippen molar-refractivity contribution in [3.05, 3.63) is 29.8 Å². The number of aryl methyl sites for hydroxylation is 1. The summed E-state index contributed by atoms with van der Waals surface area (Å²) in [5.74, 6) is -0.831. The van der Waals surface area contributed by atoms with Crippen molar-refractivity contribution in [2.24, 2.45) is 0 Å². The summed E-state index contributed by atoms with van der Waals surface area (Å²) in [6.45, 7) is 5.70. The number of carboxylic acid groups (broad SMARTS) is 1. The Kier molecular flexibility index (Phi) is 5.49. The first-order valence-electron chi connectivity index (χ1n) is 5.74. The second kappa shape index (κ2) is 6.91. The molecule has 0 radical (unpaired) electrons. The first kappa shape index (κ1) is 13.5. The summed E-state index contributed by atoms with van der Waals surface area (Å²) in [5.41, 5.74) is 2.08. The highest BCUT2D eigenvalue weighted by Crippen LogP contribution is 2.14. The van der Waals surface area contributed by atoms with Gasteiger partial charge in [0.2, 0.25) is 0 Å². The van der Waals surface area contributed by atoms with E-state index in [1.54, 1.807) is 4.90 Å². The van der Waals surface area contributed by atoms with Gasteiger partial charge in [-0.15, -0.1) is 0 Å². The van der Waals surface area contributed by atoms with Gasteiger partial charge in [-0.1, -0.05) is 17.7 Å². The number of rotatable bonds is 7. The van der Waals surface area contributed by atoms with Crippen LogP contribution in [0.1, 0.15) is 12.5 Å². The second-order valence-electron chi connectivity index (χ2n) is 3.85. The van der Waals surface area contributed by atoms with Crippen molar-refractivity contribution in [3.63, 3.8) is 0 Å². The van der Waals surface area contributed by atoms with Gasteiger partial charge in [-0.3, -0.25) is 4.79 Å². The zero-order chi connectivity index (χ0) is 12.7. The van der Waals surface area contributed by atoms with Crippen molar-refractivity contribution in [3.8, 4) is 0 Å². The van der Waals surface area contributed by atoms with Crippen molar-refractivity contribution < 1.29 is 14.6 Å². The lowest BCUT2D eigenvalue weighted by Gasteiger charge is -2.22. The highest BCUT2D eigenvalue weighted by Gasteiger charge is 2.10. The lowest BCUT2D eigenvalue weighted by molar-refractivity contribution is -0.135. The molecule has 0 aliphatic rings. The number of nitrogens with zero attached hydrogens (tertiary/aromatic N) is 1. The van der Waals surface area contributed by atoms with Crippen LogP contribution in [0.4, 0.5) is 5.69 Å². The zero-order valence-corrected chi connectivity index (χ0v) is 10.3. The molecule has 0 fully saturated rings. The van der Waals surface area contributed by atoms with E-state index < -0.39 is 5.97 Å². The first-order valence-corrected chi connectivity index (χ1v) is 5.74. The number of ether oxygens (including phenoxy) is 1. The summed E-state index contributed by atoms with van der Waals surface area (Å²) in [4.78, 5) is 12.6. The van der Waals surface area contributed by atoms with Gasteiger partial charge in [-0.2, -0.15) is 0 Å². The van der Waals surface area contributed by atoms with Crippen LogP contribution in [0.15, 0.2) is 24.3 Å². The number of hydrogen-bond donors (Lipinski definition) is 1. The maximum absolute atomic E-state index is 10.8. The molecule has 0 atom stereocenters. The minimum absolute atomic E-state index is 0.00383. The van der Waals surface area contributed by atoms with Crippen LogP contribution in [0.5, 0.6) is 0 Å². The molecule has 17 heavy (non-hydrogen) atoms. The summed E-state index contributed by atoms with van der Waals surface area (Å²) in [6, 6.07) is 7.82. The van der Waals surface area contributed by atoms with Crippen molar-refractivity contribution in [1.82, 2.24) is 0 Å². The molecule has 0 spiro atoms. The third-order valence-electron chi connectivity index (χ3n) is 2.43. The number of hydrogen-bond acceptors (Lipinski definition) is 3. The molecular weight excluding hydrogens is 218 g/mol. The molecule has 1 aromatic rings. The Labute approximate surface area is 102 Å². The fourth-order valence-corrected chi connectivity index (χ4v) is 1.54. The molecule has 0 bridgehead atoms. The van der Waals surface area contributed by atoms with Gasteiger partial charge in [0, 0.05) is 18.8 Å². The number of anilines is 1. The van der Waals surface area contributed by atoms with E-state index in [0.717, 1.165) is 11.3 Å². The maximum Gasteiger partial charge on any atom is 0.323 e. The summed E-state index contributed by atoms with van der Waals surface area (Å²) >= 11 is 0. The predicted molar refractivity (Wildman–Crippen MR) is 67.5 cm³/mol. The smallest absolute Gasteiger partial charge is 0.323 e. The van der Waals surface area contributed by atoms with Gasteiger partial charge in [0.1, 0.15) is 6.54 Å². The summed E-state index contributed by atoms with van der Waals surface area (Å²) < 4.78 is 5.26. The number of aliphatic carboxylic acids is 1. The zero-order valence-electron chi connectivity index (χ0n) is 10.3. The molecular formula is C13H19NO3. The standard InChI is InChI=1S/C13H19NO3/c1-3-17-9-8-14(10-13(15)16)12-6-4-11(2)5-7-12/h4-7H,3,8-10H2,1-2H3,(H,15,16). The maximum atomic E-state index is 10.8. The topological polar surface area (TPSA) is 49.8 Å². The van der Waals surface area contributed by atoms with Crippen LogP contribution in [0.3, 0.4) is 0 Å². The molecule has 0 aliphatic carbocycles. The van der Waals surface area contributed by atoms with E-state index in [0.29, 0.717) is 19.8 Å². The summed E-state index contributed by atoms with van der Waals surface area (Å²) in [7, 11) is 0. The Morgan fingerprint density at radius 2 is 2.00 bits per heavy atom. The van der Waals surface area contributed by atoms with Crippen LogP contribution in [-0.4, -0.2) is 37.4 Å². The SMILES string of the molecule is CCOCCN(CC(=O)O)c1ccc(C)cc1. The van der Waals surface area contributed by atoms with Crippen LogP contribution >= 0.6 is 0 Å². The average molecular weight is 237 g/mol. The Balaban J connectivity index is 2.67. The van der Waals surface area contributed by atoms with Gasteiger partial charge < -0.3 is 14.7 Å². The van der Waals surface area contributed by atoms with Gasteiger partial charge in [-0.05, 0) is 26.0 Å². The number of carbonyl (C=O) groups is 1. The minimum Gasteiger partial charge on any atom is -0.480 e.